The van der Waals surface area contributed by atoms with Crippen molar-refractivity contribution in [1.29, 1.82) is 0 Å². The van der Waals surface area contributed by atoms with Crippen molar-refractivity contribution < 1.29 is 0 Å². The van der Waals surface area contributed by atoms with E-state index in [4.69, 9.17) is 0 Å². The zero-order chi connectivity index (χ0) is 32.0. The molecule has 10 rings (SSSR count). The van der Waals surface area contributed by atoms with Crippen LogP contribution in [0.2, 0.25) is 0 Å². The Morgan fingerprint density at radius 2 is 0.979 bits per heavy atom. The van der Waals surface area contributed by atoms with E-state index in [1.807, 2.05) is 0 Å². The van der Waals surface area contributed by atoms with Crippen LogP contribution in [0.3, 0.4) is 0 Å². The van der Waals surface area contributed by atoms with Crippen LogP contribution in [0, 0.1) is 0 Å². The van der Waals surface area contributed by atoms with Crippen LogP contribution in [0.15, 0.2) is 164 Å². The van der Waals surface area contributed by atoms with Crippen molar-refractivity contribution in [2.75, 3.05) is 0 Å². The molecule has 0 N–H and O–H groups in total. The molecule has 1 aliphatic rings. The predicted molar refractivity (Wildman–Crippen MR) is 204 cm³/mol. The summed E-state index contributed by atoms with van der Waals surface area (Å²) in [5.74, 6) is 0. The van der Waals surface area contributed by atoms with Gasteiger partial charge in [0.15, 0.2) is 0 Å². The summed E-state index contributed by atoms with van der Waals surface area (Å²) in [7, 11) is 0. The second-order valence-electron chi connectivity index (χ2n) is 13.7. The van der Waals surface area contributed by atoms with E-state index in [1.54, 1.807) is 0 Å². The molecule has 0 radical (unpaired) electrons. The lowest BCUT2D eigenvalue weighted by Gasteiger charge is -2.23. The Hall–Kier alpha value is -5.92. The van der Waals surface area contributed by atoms with Crippen molar-refractivity contribution in [3.8, 4) is 39.1 Å². The van der Waals surface area contributed by atoms with Crippen LogP contribution in [0.4, 0.5) is 0 Å². The molecule has 8 aromatic carbocycles. The summed E-state index contributed by atoms with van der Waals surface area (Å²) in [6.07, 6.45) is 0. The molecule has 0 atom stereocenters. The molecule has 0 unspecified atom stereocenters. The highest BCUT2D eigenvalue weighted by atomic mass is 15.0. The molecular formula is C47H33N. The fourth-order valence-electron chi connectivity index (χ4n) is 8.72. The van der Waals surface area contributed by atoms with Gasteiger partial charge < -0.3 is 4.57 Å². The normalized spacial score (nSPS) is 13.4. The van der Waals surface area contributed by atoms with E-state index in [1.165, 1.54) is 93.5 Å². The van der Waals surface area contributed by atoms with Crippen LogP contribution in [0.1, 0.15) is 25.0 Å². The van der Waals surface area contributed by atoms with Gasteiger partial charge in [0.05, 0.1) is 11.0 Å². The van der Waals surface area contributed by atoms with Crippen molar-refractivity contribution in [1.82, 2.24) is 4.57 Å². The number of hydrogen-bond donors (Lipinski definition) is 0. The van der Waals surface area contributed by atoms with Crippen LogP contribution < -0.4 is 0 Å². The zero-order valence-electron chi connectivity index (χ0n) is 27.0. The Balaban J connectivity index is 1.32. The molecule has 0 fully saturated rings. The molecule has 1 heteroatoms. The number of hydrogen-bond acceptors (Lipinski definition) is 0. The van der Waals surface area contributed by atoms with Gasteiger partial charge in [0.2, 0.25) is 0 Å². The van der Waals surface area contributed by atoms with Crippen LogP contribution in [-0.2, 0) is 5.41 Å². The first kappa shape index (κ1) is 27.2. The summed E-state index contributed by atoms with van der Waals surface area (Å²) in [6.45, 7) is 4.78. The molecule has 0 amide bonds. The molecule has 1 nitrogen and oxygen atoms in total. The Bertz CT molecular complexity index is 2670. The number of para-hydroxylation sites is 1. The predicted octanol–water partition coefficient (Wildman–Crippen LogP) is 12.7. The minimum atomic E-state index is -0.130. The van der Waals surface area contributed by atoms with E-state index in [2.05, 4.69) is 182 Å². The Morgan fingerprint density at radius 3 is 1.65 bits per heavy atom. The average molecular weight is 612 g/mol. The molecular weight excluding hydrogens is 579 g/mol. The van der Waals surface area contributed by atoms with Gasteiger partial charge in [-0.1, -0.05) is 153 Å². The molecule has 48 heavy (non-hydrogen) atoms. The fourth-order valence-corrected chi connectivity index (χ4v) is 8.72. The van der Waals surface area contributed by atoms with E-state index >= 15 is 0 Å². The van der Waals surface area contributed by atoms with Crippen LogP contribution in [0.25, 0.3) is 82.4 Å². The highest BCUT2D eigenvalue weighted by Gasteiger charge is 2.38. The summed E-state index contributed by atoms with van der Waals surface area (Å²) in [6, 6.07) is 60.4. The number of benzene rings is 8. The molecule has 0 saturated carbocycles. The molecule has 1 aliphatic carbocycles. The number of nitrogens with zero attached hydrogens (tertiary/aromatic N) is 1. The van der Waals surface area contributed by atoms with Gasteiger partial charge in [0.1, 0.15) is 0 Å². The highest BCUT2D eigenvalue weighted by molar-refractivity contribution is 6.22. The Morgan fingerprint density at radius 1 is 0.417 bits per heavy atom. The smallest absolute Gasteiger partial charge is 0.0588 e. The molecule has 9 aromatic rings. The molecule has 0 aliphatic heterocycles. The maximum atomic E-state index is 2.51. The number of aromatic nitrogens is 1. The maximum absolute atomic E-state index is 2.51. The third-order valence-corrected chi connectivity index (χ3v) is 10.7. The third-order valence-electron chi connectivity index (χ3n) is 10.7. The largest absolute Gasteiger partial charge is 0.309 e. The summed E-state index contributed by atoms with van der Waals surface area (Å²) < 4.78 is 2.51. The summed E-state index contributed by atoms with van der Waals surface area (Å²) in [4.78, 5) is 0. The summed E-state index contributed by atoms with van der Waals surface area (Å²) in [5, 5.41) is 7.69. The lowest BCUT2D eigenvalue weighted by Crippen LogP contribution is -2.16. The minimum Gasteiger partial charge on any atom is -0.309 e. The highest BCUT2D eigenvalue weighted by Crippen LogP contribution is 2.53. The minimum absolute atomic E-state index is 0.130. The lowest BCUT2D eigenvalue weighted by molar-refractivity contribution is 0.664. The van der Waals surface area contributed by atoms with E-state index in [9.17, 15) is 0 Å². The first-order chi connectivity index (χ1) is 23.6. The molecule has 0 saturated heterocycles. The molecule has 1 aromatic heterocycles. The second kappa shape index (κ2) is 10.0. The van der Waals surface area contributed by atoms with Crippen molar-refractivity contribution in [2.24, 2.45) is 0 Å². The topological polar surface area (TPSA) is 4.93 Å². The van der Waals surface area contributed by atoms with Gasteiger partial charge in [0.25, 0.3) is 0 Å². The third kappa shape index (κ3) is 3.67. The van der Waals surface area contributed by atoms with Gasteiger partial charge in [0, 0.05) is 21.9 Å². The van der Waals surface area contributed by atoms with Gasteiger partial charge in [-0.05, 0) is 90.3 Å². The maximum Gasteiger partial charge on any atom is 0.0588 e. The van der Waals surface area contributed by atoms with Gasteiger partial charge in [-0.3, -0.25) is 0 Å². The quantitative estimate of drug-likeness (QED) is 0.175. The SMILES string of the molecule is CC1(C)c2ccccc2-c2ccc3c4cc(-c5c6ccccc6c(-c6ccccc6)c6ccccc56)ccc4n(-c4ccccc4)c3c21. The van der Waals surface area contributed by atoms with E-state index in [0.29, 0.717) is 0 Å². The average Bonchev–Trinajstić information content (AvgIpc) is 3.59. The second-order valence-corrected chi connectivity index (χ2v) is 13.7. The summed E-state index contributed by atoms with van der Waals surface area (Å²) >= 11 is 0. The molecule has 1 heterocycles. The Kier molecular flexibility index (Phi) is 5.69. The Labute approximate surface area is 280 Å². The first-order valence-corrected chi connectivity index (χ1v) is 16.9. The van der Waals surface area contributed by atoms with Crippen molar-refractivity contribution in [2.45, 2.75) is 19.3 Å². The van der Waals surface area contributed by atoms with Gasteiger partial charge >= 0.3 is 0 Å². The van der Waals surface area contributed by atoms with E-state index in [-0.39, 0.29) is 5.41 Å². The van der Waals surface area contributed by atoms with Crippen molar-refractivity contribution in [3.05, 3.63) is 175 Å². The number of fused-ring (bicyclic) bond motifs is 9. The first-order valence-electron chi connectivity index (χ1n) is 16.9. The van der Waals surface area contributed by atoms with Crippen molar-refractivity contribution in [3.63, 3.8) is 0 Å². The zero-order valence-corrected chi connectivity index (χ0v) is 27.0. The van der Waals surface area contributed by atoms with Gasteiger partial charge in [-0.2, -0.15) is 0 Å². The monoisotopic (exact) mass is 611 g/mol. The van der Waals surface area contributed by atoms with Crippen LogP contribution >= 0.6 is 0 Å². The van der Waals surface area contributed by atoms with E-state index in [0.717, 1.165) is 0 Å². The van der Waals surface area contributed by atoms with E-state index < -0.39 is 0 Å². The number of rotatable bonds is 3. The van der Waals surface area contributed by atoms with Crippen molar-refractivity contribution >= 4 is 43.4 Å². The lowest BCUT2D eigenvalue weighted by atomic mass is 9.81. The molecule has 226 valence electrons. The molecule has 0 spiro atoms. The standard InChI is InChI=1S/C47H33N/c1-47(2)41-24-14-13-19-33(41)38-26-27-39-40-29-31(25-28-42(40)48(46(39)45(38)47)32-17-7-4-8-18-32)44-36-22-11-9-20-34(36)43(30-15-5-3-6-16-30)35-21-10-12-23-37(35)44/h3-29H,1-2H3. The van der Waals surface area contributed by atoms with Crippen LogP contribution in [0.5, 0.6) is 0 Å². The fraction of sp³-hybridized carbons (Fsp3) is 0.0638. The summed E-state index contributed by atoms with van der Waals surface area (Å²) in [5.41, 5.74) is 14.2. The van der Waals surface area contributed by atoms with Crippen LogP contribution in [-0.4, -0.2) is 4.57 Å². The van der Waals surface area contributed by atoms with Gasteiger partial charge in [-0.15, -0.1) is 0 Å². The molecule has 0 bridgehead atoms. The van der Waals surface area contributed by atoms with Gasteiger partial charge in [-0.25, -0.2) is 0 Å².